The Morgan fingerprint density at radius 3 is 2.58 bits per heavy atom. The summed E-state index contributed by atoms with van der Waals surface area (Å²) < 4.78 is 12.8. The second-order valence-corrected chi connectivity index (χ2v) is 5.53. The quantitative estimate of drug-likeness (QED) is 0.693. The maximum Gasteiger partial charge on any atom is 0.245 e. The van der Waals surface area contributed by atoms with E-state index < -0.39 is 5.92 Å². The van der Waals surface area contributed by atoms with Gasteiger partial charge in [-0.1, -0.05) is 30.3 Å². The fourth-order valence-corrected chi connectivity index (χ4v) is 2.55. The maximum atomic E-state index is 12.8. The van der Waals surface area contributed by atoms with E-state index >= 15 is 0 Å². The number of carbonyl (C=O) groups is 2. The van der Waals surface area contributed by atoms with Crippen LogP contribution in [-0.2, 0) is 9.59 Å². The number of amides is 2. The third kappa shape index (κ3) is 3.65. The average Bonchev–Trinajstić information content (AvgIpc) is 2.99. The van der Waals surface area contributed by atoms with Crippen molar-refractivity contribution in [2.75, 3.05) is 11.4 Å². The van der Waals surface area contributed by atoms with Crippen molar-refractivity contribution in [3.63, 3.8) is 0 Å². The predicted octanol–water partition coefficient (Wildman–Crippen LogP) is 2.33. The molecular weight excluding hydrogens is 309 g/mol. The zero-order valence-corrected chi connectivity index (χ0v) is 12.9. The molecule has 24 heavy (non-hydrogen) atoms. The topological polar surface area (TPSA) is 61.8 Å². The van der Waals surface area contributed by atoms with Crippen molar-refractivity contribution in [3.05, 3.63) is 66.0 Å². The lowest BCUT2D eigenvalue weighted by Crippen LogP contribution is -2.30. The van der Waals surface area contributed by atoms with E-state index in [0.29, 0.717) is 12.1 Å². The standard InChI is InChI=1S/C18H16FN3O2/c19-15-8-6-13(7-9-15)11-20-21-18(24)14-10-17(23)22(12-14)16-4-2-1-3-5-16/h1-9,11,14H,10,12H2,(H,21,24)/b20-11-/t14-/m0/s1. The van der Waals surface area contributed by atoms with Crippen LogP contribution in [0.1, 0.15) is 12.0 Å². The number of hydrogen-bond acceptors (Lipinski definition) is 3. The molecule has 1 N–H and O–H groups in total. The molecule has 1 aliphatic heterocycles. The first-order valence-corrected chi connectivity index (χ1v) is 7.57. The predicted molar refractivity (Wildman–Crippen MR) is 89.0 cm³/mol. The van der Waals surface area contributed by atoms with Gasteiger partial charge >= 0.3 is 0 Å². The molecule has 2 amide bonds. The third-order valence-corrected chi connectivity index (χ3v) is 3.82. The van der Waals surface area contributed by atoms with Crippen LogP contribution >= 0.6 is 0 Å². The number of halogens is 1. The summed E-state index contributed by atoms with van der Waals surface area (Å²) in [6.45, 7) is 0.334. The van der Waals surface area contributed by atoms with Crippen LogP contribution in [0.25, 0.3) is 0 Å². The van der Waals surface area contributed by atoms with Crippen LogP contribution in [0.15, 0.2) is 59.7 Å². The first-order chi connectivity index (χ1) is 11.6. The fourth-order valence-electron chi connectivity index (χ4n) is 2.55. The zero-order valence-electron chi connectivity index (χ0n) is 12.9. The van der Waals surface area contributed by atoms with E-state index in [-0.39, 0.29) is 24.1 Å². The van der Waals surface area contributed by atoms with Crippen molar-refractivity contribution in [1.29, 1.82) is 0 Å². The van der Waals surface area contributed by atoms with Crippen LogP contribution in [0.5, 0.6) is 0 Å². The normalized spacial score (nSPS) is 17.5. The Labute approximate surface area is 138 Å². The molecule has 5 nitrogen and oxygen atoms in total. The number of hydrazone groups is 1. The number of nitrogens with one attached hydrogen (secondary N) is 1. The highest BCUT2D eigenvalue weighted by Crippen LogP contribution is 2.24. The molecule has 0 spiro atoms. The number of benzene rings is 2. The minimum Gasteiger partial charge on any atom is -0.312 e. The van der Waals surface area contributed by atoms with Crippen LogP contribution in [-0.4, -0.2) is 24.6 Å². The minimum atomic E-state index is -0.442. The van der Waals surface area contributed by atoms with Gasteiger partial charge in [0, 0.05) is 18.7 Å². The van der Waals surface area contributed by atoms with E-state index in [1.54, 1.807) is 17.0 Å². The second-order valence-electron chi connectivity index (χ2n) is 5.53. The van der Waals surface area contributed by atoms with E-state index in [4.69, 9.17) is 0 Å². The molecule has 2 aromatic rings. The number of rotatable bonds is 4. The Balaban J connectivity index is 1.58. The average molecular weight is 325 g/mol. The van der Waals surface area contributed by atoms with E-state index in [9.17, 15) is 14.0 Å². The van der Waals surface area contributed by atoms with Crippen LogP contribution in [0.4, 0.5) is 10.1 Å². The SMILES string of the molecule is O=C(N/N=C\c1ccc(F)cc1)[C@H]1CC(=O)N(c2ccccc2)C1. The summed E-state index contributed by atoms with van der Waals surface area (Å²) in [5.41, 5.74) is 3.89. The Morgan fingerprint density at radius 2 is 1.88 bits per heavy atom. The Bertz CT molecular complexity index is 760. The Hall–Kier alpha value is -3.02. The molecule has 1 fully saturated rings. The Morgan fingerprint density at radius 1 is 1.17 bits per heavy atom. The molecule has 0 saturated carbocycles. The smallest absolute Gasteiger partial charge is 0.245 e. The fraction of sp³-hybridized carbons (Fsp3) is 0.167. The van der Waals surface area contributed by atoms with Crippen LogP contribution < -0.4 is 10.3 Å². The van der Waals surface area contributed by atoms with Gasteiger partial charge in [-0.05, 0) is 29.8 Å². The van der Waals surface area contributed by atoms with Crippen LogP contribution in [0.3, 0.4) is 0 Å². The van der Waals surface area contributed by atoms with Crippen molar-refractivity contribution in [1.82, 2.24) is 5.43 Å². The molecule has 1 atom stereocenters. The van der Waals surface area contributed by atoms with E-state index in [1.165, 1.54) is 18.3 Å². The summed E-state index contributed by atoms with van der Waals surface area (Å²) in [7, 11) is 0. The van der Waals surface area contributed by atoms with Crippen molar-refractivity contribution in [2.24, 2.45) is 11.0 Å². The molecule has 3 rings (SSSR count). The molecule has 6 heteroatoms. The first-order valence-electron chi connectivity index (χ1n) is 7.57. The molecule has 0 radical (unpaired) electrons. The largest absolute Gasteiger partial charge is 0.312 e. The lowest BCUT2D eigenvalue weighted by Gasteiger charge is -2.16. The highest BCUT2D eigenvalue weighted by atomic mass is 19.1. The van der Waals surface area contributed by atoms with Gasteiger partial charge in [-0.25, -0.2) is 9.82 Å². The number of hydrogen-bond donors (Lipinski definition) is 1. The van der Waals surface area contributed by atoms with Crippen LogP contribution in [0.2, 0.25) is 0 Å². The second kappa shape index (κ2) is 7.04. The van der Waals surface area contributed by atoms with Crippen molar-refractivity contribution in [2.45, 2.75) is 6.42 Å². The van der Waals surface area contributed by atoms with E-state index in [1.807, 2.05) is 30.3 Å². The number of carbonyl (C=O) groups excluding carboxylic acids is 2. The third-order valence-electron chi connectivity index (χ3n) is 3.82. The molecule has 1 aliphatic rings. The first kappa shape index (κ1) is 15.9. The number of nitrogens with zero attached hydrogens (tertiary/aromatic N) is 2. The zero-order chi connectivity index (χ0) is 16.9. The van der Waals surface area contributed by atoms with E-state index in [2.05, 4.69) is 10.5 Å². The Kier molecular flexibility index (Phi) is 4.65. The summed E-state index contributed by atoms with van der Waals surface area (Å²) in [6, 6.07) is 15.0. The molecule has 0 aromatic heterocycles. The number of para-hydroxylation sites is 1. The minimum absolute atomic E-state index is 0.0798. The summed E-state index contributed by atoms with van der Waals surface area (Å²) in [6.07, 6.45) is 1.59. The molecule has 2 aromatic carbocycles. The lowest BCUT2D eigenvalue weighted by molar-refractivity contribution is -0.126. The van der Waals surface area contributed by atoms with Crippen LogP contribution in [0, 0.1) is 11.7 Å². The van der Waals surface area contributed by atoms with Gasteiger partial charge in [0.15, 0.2) is 0 Å². The van der Waals surface area contributed by atoms with Gasteiger partial charge in [0.1, 0.15) is 5.82 Å². The molecule has 0 unspecified atom stereocenters. The molecule has 1 heterocycles. The van der Waals surface area contributed by atoms with Gasteiger partial charge in [0.2, 0.25) is 11.8 Å². The maximum absolute atomic E-state index is 12.8. The van der Waals surface area contributed by atoms with Gasteiger partial charge in [-0.3, -0.25) is 9.59 Å². The van der Waals surface area contributed by atoms with Crippen molar-refractivity contribution in [3.8, 4) is 0 Å². The summed E-state index contributed by atoms with van der Waals surface area (Å²) >= 11 is 0. The van der Waals surface area contributed by atoms with Gasteiger partial charge in [0.05, 0.1) is 12.1 Å². The lowest BCUT2D eigenvalue weighted by atomic mass is 10.1. The molecular formula is C18H16FN3O2. The van der Waals surface area contributed by atoms with Gasteiger partial charge in [-0.15, -0.1) is 0 Å². The molecule has 0 bridgehead atoms. The van der Waals surface area contributed by atoms with Gasteiger partial charge < -0.3 is 4.90 Å². The van der Waals surface area contributed by atoms with E-state index in [0.717, 1.165) is 5.69 Å². The molecule has 1 saturated heterocycles. The number of anilines is 1. The highest BCUT2D eigenvalue weighted by Gasteiger charge is 2.34. The molecule has 122 valence electrons. The summed E-state index contributed by atoms with van der Waals surface area (Å²) in [4.78, 5) is 25.8. The molecule has 0 aliphatic carbocycles. The summed E-state index contributed by atoms with van der Waals surface area (Å²) in [5.74, 6) is -1.16. The van der Waals surface area contributed by atoms with Gasteiger partial charge in [0.25, 0.3) is 0 Å². The summed E-state index contributed by atoms with van der Waals surface area (Å²) in [5, 5.41) is 3.86. The highest BCUT2D eigenvalue weighted by molar-refractivity contribution is 6.00. The van der Waals surface area contributed by atoms with Gasteiger partial charge in [-0.2, -0.15) is 5.10 Å². The van der Waals surface area contributed by atoms with Crippen molar-refractivity contribution < 1.29 is 14.0 Å². The monoisotopic (exact) mass is 325 g/mol. The van der Waals surface area contributed by atoms with Crippen molar-refractivity contribution >= 4 is 23.7 Å².